The van der Waals surface area contributed by atoms with Crippen molar-refractivity contribution < 1.29 is 9.59 Å². The van der Waals surface area contributed by atoms with Crippen LogP contribution in [-0.4, -0.2) is 11.6 Å². The molecule has 0 aromatic heterocycles. The third-order valence-corrected chi connectivity index (χ3v) is 5.76. The van der Waals surface area contributed by atoms with Crippen LogP contribution < -0.4 is 0 Å². The molecule has 0 N–H and O–H groups in total. The lowest BCUT2D eigenvalue weighted by atomic mass is 10.2. The van der Waals surface area contributed by atoms with Gasteiger partial charge in [-0.05, 0) is 70.4 Å². The van der Waals surface area contributed by atoms with Crippen molar-refractivity contribution in [3.8, 4) is 0 Å². The summed E-state index contributed by atoms with van der Waals surface area (Å²) in [5, 5.41) is 0. The quantitative estimate of drug-likeness (QED) is 0.403. The van der Waals surface area contributed by atoms with Crippen LogP contribution in [0, 0.1) is 0 Å². The second-order valence-corrected chi connectivity index (χ2v) is 5.37. The van der Waals surface area contributed by atoms with E-state index in [1.165, 1.54) is 0 Å². The molecule has 0 aliphatic heterocycles. The van der Waals surface area contributed by atoms with E-state index in [2.05, 4.69) is 47.8 Å². The molecule has 1 aliphatic rings. The van der Waals surface area contributed by atoms with Crippen molar-refractivity contribution in [1.82, 2.24) is 0 Å². The Balaban J connectivity index is 3.32. The lowest BCUT2D eigenvalue weighted by molar-refractivity contribution is -0.114. The monoisotopic (exact) mass is 468 g/mol. The standard InChI is InChI=1S/C6Br3IO2/c7-1-2(8)6(12)4(10)3(9)5(1)11. The molecular formula is C6Br3IO2. The lowest BCUT2D eigenvalue weighted by Crippen LogP contribution is -2.13. The Kier molecular flexibility index (Phi) is 3.70. The highest BCUT2D eigenvalue weighted by molar-refractivity contribution is 14.1. The van der Waals surface area contributed by atoms with Crippen molar-refractivity contribution in [1.29, 1.82) is 0 Å². The molecule has 0 fully saturated rings. The Labute approximate surface area is 107 Å². The van der Waals surface area contributed by atoms with Crippen LogP contribution in [0.1, 0.15) is 0 Å². The Hall–Kier alpha value is 0.990. The van der Waals surface area contributed by atoms with E-state index in [0.29, 0.717) is 8.06 Å². The summed E-state index contributed by atoms with van der Waals surface area (Å²) in [5.74, 6) is -0.403. The lowest BCUT2D eigenvalue weighted by Gasteiger charge is -2.10. The fourth-order valence-electron chi connectivity index (χ4n) is 0.591. The summed E-state index contributed by atoms with van der Waals surface area (Å²) in [6, 6.07) is 0. The molecule has 0 saturated carbocycles. The van der Waals surface area contributed by atoms with Gasteiger partial charge in [-0.3, -0.25) is 9.59 Å². The van der Waals surface area contributed by atoms with Gasteiger partial charge >= 0.3 is 0 Å². The average Bonchev–Trinajstić information content (AvgIpc) is 2.08. The molecule has 0 bridgehead atoms. The summed E-state index contributed by atoms with van der Waals surface area (Å²) < 4.78 is 1.25. The Morgan fingerprint density at radius 2 is 1.25 bits per heavy atom. The van der Waals surface area contributed by atoms with Crippen LogP contribution in [0.5, 0.6) is 0 Å². The zero-order valence-electron chi connectivity index (χ0n) is 5.33. The molecular weight excluding hydrogens is 471 g/mol. The number of carbonyl (C=O) groups is 2. The Morgan fingerprint density at radius 1 is 0.833 bits per heavy atom. The van der Waals surface area contributed by atoms with E-state index in [1.807, 2.05) is 22.6 Å². The van der Waals surface area contributed by atoms with E-state index in [0.717, 1.165) is 0 Å². The van der Waals surface area contributed by atoms with Crippen molar-refractivity contribution >= 4 is 81.9 Å². The molecule has 0 atom stereocenters. The number of allylic oxidation sites excluding steroid dienone is 4. The normalized spacial score (nSPS) is 19.3. The zero-order valence-corrected chi connectivity index (χ0v) is 12.2. The summed E-state index contributed by atoms with van der Waals surface area (Å²) in [4.78, 5) is 22.6. The minimum Gasteiger partial charge on any atom is -0.287 e. The van der Waals surface area contributed by atoms with E-state index in [4.69, 9.17) is 0 Å². The van der Waals surface area contributed by atoms with E-state index in [-0.39, 0.29) is 20.5 Å². The maximum absolute atomic E-state index is 11.3. The summed E-state index contributed by atoms with van der Waals surface area (Å²) in [7, 11) is 0. The van der Waals surface area contributed by atoms with E-state index in [1.54, 1.807) is 0 Å². The number of hydrogen-bond donors (Lipinski definition) is 0. The van der Waals surface area contributed by atoms with Gasteiger partial charge in [0.2, 0.25) is 11.6 Å². The maximum atomic E-state index is 11.3. The minimum absolute atomic E-state index is 0.186. The van der Waals surface area contributed by atoms with Crippen LogP contribution in [-0.2, 0) is 9.59 Å². The number of rotatable bonds is 0. The second-order valence-electron chi connectivity index (χ2n) is 1.91. The highest BCUT2D eigenvalue weighted by Crippen LogP contribution is 2.36. The molecule has 0 heterocycles. The summed E-state index contributed by atoms with van der Waals surface area (Å²) >= 11 is 10.9. The van der Waals surface area contributed by atoms with Gasteiger partial charge < -0.3 is 0 Å². The van der Waals surface area contributed by atoms with Crippen LogP contribution in [0.25, 0.3) is 0 Å². The molecule has 0 radical (unpaired) electrons. The number of ketones is 2. The minimum atomic E-state index is -0.217. The SMILES string of the molecule is O=C1C(Br)=C(Br)C(=O)C(I)=C1Br. The molecule has 6 heteroatoms. The van der Waals surface area contributed by atoms with Gasteiger partial charge in [0.1, 0.15) is 0 Å². The van der Waals surface area contributed by atoms with Crippen molar-refractivity contribution in [2.45, 2.75) is 0 Å². The topological polar surface area (TPSA) is 34.1 Å². The molecule has 0 spiro atoms. The Morgan fingerprint density at radius 3 is 1.75 bits per heavy atom. The van der Waals surface area contributed by atoms with Crippen LogP contribution >= 0.6 is 70.4 Å². The van der Waals surface area contributed by atoms with Crippen molar-refractivity contribution in [2.24, 2.45) is 0 Å². The van der Waals surface area contributed by atoms with Gasteiger partial charge in [-0.25, -0.2) is 0 Å². The number of carbonyl (C=O) groups excluding carboxylic acids is 2. The number of Topliss-reactive ketones (excluding diaryl/α,β-unsaturated/α-hetero) is 2. The summed E-state index contributed by atoms with van der Waals surface area (Å²) in [6.07, 6.45) is 0. The van der Waals surface area contributed by atoms with Crippen molar-refractivity contribution in [2.75, 3.05) is 0 Å². The van der Waals surface area contributed by atoms with Gasteiger partial charge in [0, 0.05) is 0 Å². The first-order chi connectivity index (χ1) is 5.46. The van der Waals surface area contributed by atoms with Crippen LogP contribution in [0.2, 0.25) is 0 Å². The van der Waals surface area contributed by atoms with Gasteiger partial charge in [0.05, 0.1) is 17.0 Å². The third kappa shape index (κ3) is 1.76. The largest absolute Gasteiger partial charge is 0.287 e. The van der Waals surface area contributed by atoms with Crippen LogP contribution in [0.15, 0.2) is 17.0 Å². The highest BCUT2D eigenvalue weighted by atomic mass is 127. The first kappa shape index (κ1) is 11.1. The number of hydrogen-bond acceptors (Lipinski definition) is 2. The fraction of sp³-hybridized carbons (Fsp3) is 0. The average molecular weight is 471 g/mol. The van der Waals surface area contributed by atoms with Crippen LogP contribution in [0.3, 0.4) is 0 Å². The van der Waals surface area contributed by atoms with Crippen molar-refractivity contribution in [3.05, 3.63) is 17.0 Å². The zero-order chi connectivity index (χ0) is 9.46. The van der Waals surface area contributed by atoms with Gasteiger partial charge in [-0.1, -0.05) is 0 Å². The maximum Gasteiger partial charge on any atom is 0.209 e. The van der Waals surface area contributed by atoms with Gasteiger partial charge in [-0.2, -0.15) is 0 Å². The highest BCUT2D eigenvalue weighted by Gasteiger charge is 2.29. The molecule has 0 saturated heterocycles. The summed E-state index contributed by atoms with van der Waals surface area (Å²) in [6.45, 7) is 0. The smallest absolute Gasteiger partial charge is 0.209 e. The predicted molar refractivity (Wildman–Crippen MR) is 64.9 cm³/mol. The molecule has 1 aliphatic carbocycles. The van der Waals surface area contributed by atoms with Crippen LogP contribution in [0.4, 0.5) is 0 Å². The summed E-state index contributed by atoms with van der Waals surface area (Å²) in [5.41, 5.74) is 0. The van der Waals surface area contributed by atoms with E-state index < -0.39 is 0 Å². The molecule has 0 amide bonds. The molecule has 2 nitrogen and oxygen atoms in total. The predicted octanol–water partition coefficient (Wildman–Crippen LogP) is 3.18. The first-order valence-corrected chi connectivity index (χ1v) is 6.12. The van der Waals surface area contributed by atoms with Gasteiger partial charge in [0.15, 0.2) is 0 Å². The van der Waals surface area contributed by atoms with Crippen molar-refractivity contribution in [3.63, 3.8) is 0 Å². The number of halogens is 4. The fourth-order valence-corrected chi connectivity index (χ4v) is 2.88. The Bertz CT molecular complexity index is 281. The van der Waals surface area contributed by atoms with E-state index >= 15 is 0 Å². The molecule has 12 heavy (non-hydrogen) atoms. The molecule has 0 aromatic rings. The first-order valence-electron chi connectivity index (χ1n) is 2.66. The molecule has 0 aromatic carbocycles. The third-order valence-electron chi connectivity index (χ3n) is 1.18. The van der Waals surface area contributed by atoms with Gasteiger partial charge in [-0.15, -0.1) is 0 Å². The van der Waals surface area contributed by atoms with E-state index in [9.17, 15) is 9.59 Å². The van der Waals surface area contributed by atoms with Gasteiger partial charge in [0.25, 0.3) is 0 Å². The second kappa shape index (κ2) is 4.02. The molecule has 0 unspecified atom stereocenters. The molecule has 64 valence electrons. The molecule has 1 rings (SSSR count).